The summed E-state index contributed by atoms with van der Waals surface area (Å²) in [5.74, 6) is 2.09. The molecule has 0 radical (unpaired) electrons. The fourth-order valence-electron chi connectivity index (χ4n) is 2.32. The predicted octanol–water partition coefficient (Wildman–Crippen LogP) is 2.16. The molecule has 0 aliphatic carbocycles. The molecule has 0 amide bonds. The zero-order chi connectivity index (χ0) is 11.4. The van der Waals surface area contributed by atoms with Gasteiger partial charge in [0.15, 0.2) is 0 Å². The lowest BCUT2D eigenvalue weighted by Gasteiger charge is -2.23. The molecule has 1 fully saturated rings. The normalized spacial score (nSPS) is 20.8. The summed E-state index contributed by atoms with van der Waals surface area (Å²) in [4.78, 5) is 2.45. The van der Waals surface area contributed by atoms with Crippen LogP contribution in [0.4, 0.5) is 0 Å². The Balaban J connectivity index is 1.84. The van der Waals surface area contributed by atoms with Crippen LogP contribution in [-0.4, -0.2) is 30.6 Å². The van der Waals surface area contributed by atoms with Crippen molar-refractivity contribution in [1.29, 1.82) is 0 Å². The summed E-state index contributed by atoms with van der Waals surface area (Å²) in [6.07, 6.45) is 2.63. The first-order chi connectivity index (χ1) is 7.78. The van der Waals surface area contributed by atoms with Crippen molar-refractivity contribution in [2.75, 3.05) is 19.6 Å². The van der Waals surface area contributed by atoms with Crippen molar-refractivity contribution >= 4 is 0 Å². The van der Waals surface area contributed by atoms with Gasteiger partial charge in [-0.3, -0.25) is 4.90 Å². The third-order valence-corrected chi connectivity index (χ3v) is 3.26. The molecule has 2 rings (SSSR count). The minimum Gasteiger partial charge on any atom is -0.465 e. The highest BCUT2D eigenvalue weighted by molar-refractivity contribution is 5.05. The average molecular weight is 222 g/mol. The molecule has 1 saturated heterocycles. The number of aryl methyl sites for hydroxylation is 1. The Morgan fingerprint density at radius 3 is 2.94 bits per heavy atom. The molecule has 3 nitrogen and oxygen atoms in total. The Morgan fingerprint density at radius 1 is 1.50 bits per heavy atom. The van der Waals surface area contributed by atoms with E-state index in [0.717, 1.165) is 31.2 Å². The van der Waals surface area contributed by atoms with E-state index in [2.05, 4.69) is 23.2 Å². The van der Waals surface area contributed by atoms with Gasteiger partial charge in [-0.25, -0.2) is 0 Å². The minimum atomic E-state index is 0.677. The monoisotopic (exact) mass is 222 g/mol. The highest BCUT2D eigenvalue weighted by Crippen LogP contribution is 2.12. The first-order valence-electron chi connectivity index (χ1n) is 6.29. The first-order valence-corrected chi connectivity index (χ1v) is 6.29. The number of rotatable bonds is 5. The van der Waals surface area contributed by atoms with Gasteiger partial charge in [0.05, 0.1) is 6.54 Å². The Hall–Kier alpha value is -0.800. The van der Waals surface area contributed by atoms with Crippen LogP contribution in [0, 0.1) is 6.92 Å². The summed E-state index contributed by atoms with van der Waals surface area (Å²) in [6, 6.07) is 4.80. The molecule has 16 heavy (non-hydrogen) atoms. The van der Waals surface area contributed by atoms with E-state index in [9.17, 15) is 0 Å². The Labute approximate surface area is 97.8 Å². The van der Waals surface area contributed by atoms with E-state index in [4.69, 9.17) is 4.42 Å². The Kier molecular flexibility index (Phi) is 4.02. The molecular formula is C13H22N2O. The molecule has 0 saturated carbocycles. The molecule has 1 unspecified atom stereocenters. The molecule has 2 heterocycles. The minimum absolute atomic E-state index is 0.677. The SMILES string of the molecule is CCN(Cc1ccc(C)o1)CC1CCCN1. The second kappa shape index (κ2) is 5.51. The van der Waals surface area contributed by atoms with Crippen LogP contribution in [0.25, 0.3) is 0 Å². The van der Waals surface area contributed by atoms with E-state index < -0.39 is 0 Å². The van der Waals surface area contributed by atoms with Gasteiger partial charge in [-0.1, -0.05) is 6.92 Å². The molecule has 90 valence electrons. The van der Waals surface area contributed by atoms with Crippen molar-refractivity contribution in [1.82, 2.24) is 10.2 Å². The molecule has 0 aromatic carbocycles. The molecule has 3 heteroatoms. The van der Waals surface area contributed by atoms with Crippen LogP contribution >= 0.6 is 0 Å². The van der Waals surface area contributed by atoms with Crippen molar-refractivity contribution in [2.24, 2.45) is 0 Å². The summed E-state index contributed by atoms with van der Waals surface area (Å²) >= 11 is 0. The largest absolute Gasteiger partial charge is 0.465 e. The van der Waals surface area contributed by atoms with Crippen LogP contribution in [0.3, 0.4) is 0 Å². The van der Waals surface area contributed by atoms with Crippen LogP contribution in [-0.2, 0) is 6.54 Å². The zero-order valence-corrected chi connectivity index (χ0v) is 10.3. The van der Waals surface area contributed by atoms with E-state index in [0.29, 0.717) is 6.04 Å². The maximum atomic E-state index is 5.62. The highest BCUT2D eigenvalue weighted by atomic mass is 16.3. The molecular weight excluding hydrogens is 200 g/mol. The second-order valence-electron chi connectivity index (χ2n) is 4.63. The topological polar surface area (TPSA) is 28.4 Å². The smallest absolute Gasteiger partial charge is 0.118 e. The second-order valence-corrected chi connectivity index (χ2v) is 4.63. The molecule has 1 atom stereocenters. The van der Waals surface area contributed by atoms with Crippen LogP contribution in [0.2, 0.25) is 0 Å². The van der Waals surface area contributed by atoms with E-state index >= 15 is 0 Å². The fraction of sp³-hybridized carbons (Fsp3) is 0.692. The Bertz CT molecular complexity index is 315. The number of nitrogens with one attached hydrogen (secondary N) is 1. The van der Waals surface area contributed by atoms with Gasteiger partial charge < -0.3 is 9.73 Å². The lowest BCUT2D eigenvalue weighted by atomic mass is 10.2. The molecule has 0 spiro atoms. The maximum absolute atomic E-state index is 5.62. The van der Waals surface area contributed by atoms with Gasteiger partial charge in [0.25, 0.3) is 0 Å². The van der Waals surface area contributed by atoms with Gasteiger partial charge in [-0.2, -0.15) is 0 Å². The van der Waals surface area contributed by atoms with E-state index in [1.807, 2.05) is 13.0 Å². The van der Waals surface area contributed by atoms with Gasteiger partial charge in [0.2, 0.25) is 0 Å². The van der Waals surface area contributed by atoms with Crippen molar-refractivity contribution in [2.45, 2.75) is 39.3 Å². The third-order valence-electron chi connectivity index (χ3n) is 3.26. The first kappa shape index (κ1) is 11.7. The summed E-state index contributed by atoms with van der Waals surface area (Å²) < 4.78 is 5.62. The number of hydrogen-bond donors (Lipinski definition) is 1. The van der Waals surface area contributed by atoms with Crippen LogP contribution in [0.5, 0.6) is 0 Å². The van der Waals surface area contributed by atoms with E-state index in [1.54, 1.807) is 0 Å². The van der Waals surface area contributed by atoms with Crippen molar-refractivity contribution in [3.05, 3.63) is 23.7 Å². The summed E-state index contributed by atoms with van der Waals surface area (Å²) in [7, 11) is 0. The van der Waals surface area contributed by atoms with Crippen LogP contribution in [0.15, 0.2) is 16.5 Å². The third kappa shape index (κ3) is 3.09. The molecule has 1 aromatic heterocycles. The van der Waals surface area contributed by atoms with Gasteiger partial charge >= 0.3 is 0 Å². The van der Waals surface area contributed by atoms with E-state index in [-0.39, 0.29) is 0 Å². The molecule has 1 aliphatic rings. The zero-order valence-electron chi connectivity index (χ0n) is 10.3. The van der Waals surface area contributed by atoms with Crippen molar-refractivity contribution in [3.8, 4) is 0 Å². The number of likely N-dealkylation sites (N-methyl/N-ethyl adjacent to an activating group) is 1. The average Bonchev–Trinajstić information content (AvgIpc) is 2.89. The van der Waals surface area contributed by atoms with Gasteiger partial charge in [-0.05, 0) is 45.0 Å². The number of hydrogen-bond acceptors (Lipinski definition) is 3. The number of nitrogens with zero attached hydrogens (tertiary/aromatic N) is 1. The van der Waals surface area contributed by atoms with Gasteiger partial charge in [-0.15, -0.1) is 0 Å². The van der Waals surface area contributed by atoms with Gasteiger partial charge in [0, 0.05) is 12.6 Å². The molecule has 1 aliphatic heterocycles. The summed E-state index contributed by atoms with van der Waals surface area (Å²) in [5.41, 5.74) is 0. The number of furan rings is 1. The van der Waals surface area contributed by atoms with Crippen molar-refractivity contribution in [3.63, 3.8) is 0 Å². The van der Waals surface area contributed by atoms with E-state index in [1.165, 1.54) is 19.4 Å². The Morgan fingerprint density at radius 2 is 2.38 bits per heavy atom. The quantitative estimate of drug-likeness (QED) is 0.827. The van der Waals surface area contributed by atoms with Gasteiger partial charge in [0.1, 0.15) is 11.5 Å². The lowest BCUT2D eigenvalue weighted by molar-refractivity contribution is 0.233. The molecule has 0 bridgehead atoms. The predicted molar refractivity (Wildman–Crippen MR) is 65.4 cm³/mol. The summed E-state index contributed by atoms with van der Waals surface area (Å²) in [6.45, 7) is 8.54. The lowest BCUT2D eigenvalue weighted by Crippen LogP contribution is -2.37. The van der Waals surface area contributed by atoms with Crippen LogP contribution < -0.4 is 5.32 Å². The van der Waals surface area contributed by atoms with Crippen molar-refractivity contribution < 1.29 is 4.42 Å². The van der Waals surface area contributed by atoms with Crippen LogP contribution in [0.1, 0.15) is 31.3 Å². The standard InChI is InChI=1S/C13H22N2O/c1-3-15(9-12-5-4-8-14-12)10-13-7-6-11(2)16-13/h6-7,12,14H,3-5,8-10H2,1-2H3. The molecule has 1 aromatic rings. The summed E-state index contributed by atoms with van der Waals surface area (Å²) in [5, 5.41) is 3.54. The fourth-order valence-corrected chi connectivity index (χ4v) is 2.32. The maximum Gasteiger partial charge on any atom is 0.118 e. The molecule has 1 N–H and O–H groups in total. The highest BCUT2D eigenvalue weighted by Gasteiger charge is 2.17.